The van der Waals surface area contributed by atoms with Crippen LogP contribution in [0.5, 0.6) is 0 Å². The van der Waals surface area contributed by atoms with Crippen LogP contribution >= 0.6 is 12.2 Å². The van der Waals surface area contributed by atoms with Crippen molar-refractivity contribution in [2.24, 2.45) is 5.14 Å². The van der Waals surface area contributed by atoms with Gasteiger partial charge in [0.05, 0.1) is 17.1 Å². The van der Waals surface area contributed by atoms with Gasteiger partial charge in [-0.15, -0.1) is 0 Å². The Kier molecular flexibility index (Phi) is 7.28. The van der Waals surface area contributed by atoms with Gasteiger partial charge < -0.3 is 15.4 Å². The molecule has 2 rings (SSSR count). The van der Waals surface area contributed by atoms with Crippen LogP contribution in [-0.2, 0) is 14.8 Å². The van der Waals surface area contributed by atoms with Gasteiger partial charge in [0.25, 0.3) is 0 Å². The van der Waals surface area contributed by atoms with Crippen LogP contribution < -0.4 is 15.8 Å². The zero-order valence-electron chi connectivity index (χ0n) is 14.8. The van der Waals surface area contributed by atoms with E-state index in [1.54, 1.807) is 36.4 Å². The molecule has 0 aromatic heterocycles. The molecule has 0 amide bonds. The van der Waals surface area contributed by atoms with E-state index in [0.29, 0.717) is 28.7 Å². The summed E-state index contributed by atoms with van der Waals surface area (Å²) >= 11 is 5.22. The molecule has 0 atom stereocenters. The van der Waals surface area contributed by atoms with Crippen LogP contribution in [0.4, 0.5) is 11.4 Å². The number of carbonyl (C=O) groups excluding carboxylic acids is 1. The highest BCUT2D eigenvalue weighted by Crippen LogP contribution is 2.15. The molecule has 0 unspecified atom stereocenters. The Labute approximate surface area is 164 Å². The monoisotopic (exact) mass is 407 g/mol. The first-order valence-electron chi connectivity index (χ1n) is 8.27. The molecule has 144 valence electrons. The SMILES string of the molecule is CCCCOC(=O)c1ccc(NC(=S)Nc2ccc(S(N)(=O)=O)cc2)cc1. The fourth-order valence-corrected chi connectivity index (χ4v) is 2.85. The molecule has 2 aromatic rings. The number of unbranched alkanes of at least 4 members (excludes halogenated alkanes) is 1. The summed E-state index contributed by atoms with van der Waals surface area (Å²) in [4.78, 5) is 11.9. The minimum absolute atomic E-state index is 0.0216. The number of primary sulfonamides is 1. The van der Waals surface area contributed by atoms with Crippen LogP contribution in [-0.4, -0.2) is 26.1 Å². The van der Waals surface area contributed by atoms with Crippen LogP contribution in [0.15, 0.2) is 53.4 Å². The molecule has 0 saturated carbocycles. The number of anilines is 2. The van der Waals surface area contributed by atoms with E-state index in [1.165, 1.54) is 12.1 Å². The second-order valence-electron chi connectivity index (χ2n) is 5.72. The van der Waals surface area contributed by atoms with Crippen molar-refractivity contribution in [2.45, 2.75) is 24.7 Å². The van der Waals surface area contributed by atoms with Gasteiger partial charge >= 0.3 is 5.97 Å². The molecule has 0 radical (unpaired) electrons. The van der Waals surface area contributed by atoms with E-state index in [9.17, 15) is 13.2 Å². The van der Waals surface area contributed by atoms with Crippen LogP contribution in [0.1, 0.15) is 30.1 Å². The van der Waals surface area contributed by atoms with Gasteiger partial charge in [0.15, 0.2) is 5.11 Å². The number of benzene rings is 2. The lowest BCUT2D eigenvalue weighted by Crippen LogP contribution is -2.19. The topological polar surface area (TPSA) is 111 Å². The van der Waals surface area contributed by atoms with Gasteiger partial charge in [-0.1, -0.05) is 13.3 Å². The molecule has 7 nitrogen and oxygen atoms in total. The first kappa shape index (κ1) is 20.8. The summed E-state index contributed by atoms with van der Waals surface area (Å²) in [5.74, 6) is -0.356. The Bertz CT molecular complexity index is 895. The molecule has 0 saturated heterocycles. The van der Waals surface area contributed by atoms with Gasteiger partial charge in [-0.2, -0.15) is 0 Å². The highest BCUT2D eigenvalue weighted by molar-refractivity contribution is 7.89. The van der Waals surface area contributed by atoms with Crippen molar-refractivity contribution in [3.63, 3.8) is 0 Å². The number of hydrogen-bond acceptors (Lipinski definition) is 5. The minimum atomic E-state index is -3.73. The van der Waals surface area contributed by atoms with E-state index in [-0.39, 0.29) is 10.9 Å². The first-order chi connectivity index (χ1) is 12.8. The van der Waals surface area contributed by atoms with Crippen molar-refractivity contribution in [3.05, 3.63) is 54.1 Å². The van der Waals surface area contributed by atoms with Crippen LogP contribution in [0, 0.1) is 0 Å². The summed E-state index contributed by atoms with van der Waals surface area (Å²) in [5.41, 5.74) is 1.77. The second-order valence-corrected chi connectivity index (χ2v) is 7.69. The largest absolute Gasteiger partial charge is 0.462 e. The Balaban J connectivity index is 1.91. The van der Waals surface area contributed by atoms with Crippen molar-refractivity contribution < 1.29 is 17.9 Å². The molecule has 0 heterocycles. The normalized spacial score (nSPS) is 10.9. The molecule has 0 spiro atoms. The molecule has 0 bridgehead atoms. The fraction of sp³-hybridized carbons (Fsp3) is 0.222. The maximum absolute atomic E-state index is 11.9. The van der Waals surface area contributed by atoms with E-state index >= 15 is 0 Å². The lowest BCUT2D eigenvalue weighted by atomic mass is 10.2. The smallest absolute Gasteiger partial charge is 0.338 e. The molecule has 0 aliphatic carbocycles. The van der Waals surface area contributed by atoms with Crippen molar-refractivity contribution in [2.75, 3.05) is 17.2 Å². The van der Waals surface area contributed by atoms with E-state index < -0.39 is 10.0 Å². The standard InChI is InChI=1S/C18H21N3O4S2/c1-2-3-12-25-17(22)13-4-6-14(7-5-13)20-18(26)21-15-8-10-16(11-9-15)27(19,23)24/h4-11H,2-3,12H2,1H3,(H2,19,23,24)(H2,20,21,26). The molecule has 0 fully saturated rings. The van der Waals surface area contributed by atoms with Gasteiger partial charge in [0, 0.05) is 11.4 Å². The summed E-state index contributed by atoms with van der Waals surface area (Å²) in [7, 11) is -3.73. The minimum Gasteiger partial charge on any atom is -0.462 e. The van der Waals surface area contributed by atoms with Crippen molar-refractivity contribution in [1.82, 2.24) is 0 Å². The number of nitrogens with one attached hydrogen (secondary N) is 2. The molecule has 27 heavy (non-hydrogen) atoms. The number of ether oxygens (including phenoxy) is 1. The van der Waals surface area contributed by atoms with Crippen LogP contribution in [0.2, 0.25) is 0 Å². The summed E-state index contributed by atoms with van der Waals surface area (Å²) < 4.78 is 27.6. The highest BCUT2D eigenvalue weighted by atomic mass is 32.2. The van der Waals surface area contributed by atoms with Crippen molar-refractivity contribution in [1.29, 1.82) is 0 Å². The molecular weight excluding hydrogens is 386 g/mol. The van der Waals surface area contributed by atoms with Gasteiger partial charge in [-0.3, -0.25) is 0 Å². The molecule has 0 aliphatic heterocycles. The molecule has 4 N–H and O–H groups in total. The average Bonchev–Trinajstić information content (AvgIpc) is 2.62. The van der Waals surface area contributed by atoms with E-state index in [2.05, 4.69) is 10.6 Å². The number of nitrogens with two attached hydrogens (primary N) is 1. The summed E-state index contributed by atoms with van der Waals surface area (Å²) in [6, 6.07) is 12.6. The average molecular weight is 408 g/mol. The number of hydrogen-bond donors (Lipinski definition) is 3. The third kappa shape index (κ3) is 6.63. The number of sulfonamides is 1. The van der Waals surface area contributed by atoms with Crippen LogP contribution in [0.25, 0.3) is 0 Å². The summed E-state index contributed by atoms with van der Waals surface area (Å²) in [6.45, 7) is 2.44. The maximum atomic E-state index is 11.9. The van der Waals surface area contributed by atoms with Gasteiger partial charge in [-0.25, -0.2) is 18.4 Å². The fourth-order valence-electron chi connectivity index (χ4n) is 2.10. The predicted octanol–water partition coefficient (Wildman–Crippen LogP) is 3.10. The zero-order valence-corrected chi connectivity index (χ0v) is 16.4. The van der Waals surface area contributed by atoms with Gasteiger partial charge in [0.2, 0.25) is 10.0 Å². The van der Waals surface area contributed by atoms with Gasteiger partial charge in [-0.05, 0) is 67.2 Å². The summed E-state index contributed by atoms with van der Waals surface area (Å²) in [6.07, 6.45) is 1.80. The lowest BCUT2D eigenvalue weighted by Gasteiger charge is -2.11. The predicted molar refractivity (Wildman–Crippen MR) is 109 cm³/mol. The molecule has 0 aliphatic rings. The number of carbonyl (C=O) groups is 1. The van der Waals surface area contributed by atoms with Crippen molar-refractivity contribution in [3.8, 4) is 0 Å². The lowest BCUT2D eigenvalue weighted by molar-refractivity contribution is 0.0500. The second kappa shape index (κ2) is 9.45. The third-order valence-electron chi connectivity index (χ3n) is 3.55. The number of thiocarbonyl (C=S) groups is 1. The Morgan fingerprint density at radius 3 is 2.04 bits per heavy atom. The quantitative estimate of drug-likeness (QED) is 0.367. The van der Waals surface area contributed by atoms with Crippen LogP contribution in [0.3, 0.4) is 0 Å². The zero-order chi connectivity index (χ0) is 19.9. The Morgan fingerprint density at radius 2 is 1.56 bits per heavy atom. The van der Waals surface area contributed by atoms with Gasteiger partial charge in [0.1, 0.15) is 0 Å². The maximum Gasteiger partial charge on any atom is 0.338 e. The van der Waals surface area contributed by atoms with E-state index in [4.69, 9.17) is 22.1 Å². The molecular formula is C18H21N3O4S2. The third-order valence-corrected chi connectivity index (χ3v) is 4.68. The first-order valence-corrected chi connectivity index (χ1v) is 10.2. The molecule has 9 heteroatoms. The Morgan fingerprint density at radius 1 is 1.04 bits per heavy atom. The molecule has 2 aromatic carbocycles. The number of rotatable bonds is 7. The van der Waals surface area contributed by atoms with E-state index in [1.807, 2.05) is 6.92 Å². The van der Waals surface area contributed by atoms with E-state index in [0.717, 1.165) is 12.8 Å². The summed E-state index contributed by atoms with van der Waals surface area (Å²) in [5, 5.41) is 11.3. The van der Waals surface area contributed by atoms with Crippen molar-refractivity contribution >= 4 is 44.7 Å². The Hall–Kier alpha value is -2.49. The number of esters is 1. The highest BCUT2D eigenvalue weighted by Gasteiger charge is 2.08.